The van der Waals surface area contributed by atoms with E-state index in [0.29, 0.717) is 13.0 Å². The Bertz CT molecular complexity index is 1310. The van der Waals surface area contributed by atoms with Gasteiger partial charge in [-0.2, -0.15) is 5.10 Å². The van der Waals surface area contributed by atoms with Crippen molar-refractivity contribution in [1.82, 2.24) is 14.8 Å². The zero-order valence-electron chi connectivity index (χ0n) is 23.1. The monoisotopic (exact) mass is 518 g/mol. The zero-order chi connectivity index (χ0) is 27.6. The van der Waals surface area contributed by atoms with E-state index in [0.717, 1.165) is 40.2 Å². The molecule has 3 aromatic rings. The molecule has 202 valence electrons. The van der Waals surface area contributed by atoms with Gasteiger partial charge in [-0.1, -0.05) is 32.9 Å². The van der Waals surface area contributed by atoms with E-state index in [1.807, 2.05) is 73.9 Å². The van der Waals surface area contributed by atoms with Gasteiger partial charge in [0, 0.05) is 49.6 Å². The Labute approximate surface area is 224 Å². The average molecular weight is 519 g/mol. The largest absolute Gasteiger partial charge is 0.446 e. The molecule has 4 rings (SSSR count). The third-order valence-electron chi connectivity index (χ3n) is 7.15. The lowest BCUT2D eigenvalue weighted by Gasteiger charge is -2.39. The fourth-order valence-corrected chi connectivity index (χ4v) is 5.16. The van der Waals surface area contributed by atoms with Gasteiger partial charge < -0.3 is 20.7 Å². The number of benzene rings is 1. The standard InChI is InChI=1S/C29H38N6O3/c1-18-8-7-12-31-27(18)33-24-14-19(2)35(20(3)36)25-10-9-21(15-23(24)25)22-16-32-34(17-22)13-11-26(29(4,5)6)38-28(30)37/h7-10,12,15-17,19,24,26H,11,13-14H2,1-6H3,(H2,30,37)(H,31,33)/t19-,24+,26?/m0/s1. The fourth-order valence-electron chi connectivity index (χ4n) is 5.16. The molecule has 3 heterocycles. The number of pyridine rings is 1. The van der Waals surface area contributed by atoms with Crippen LogP contribution in [0.4, 0.5) is 16.3 Å². The van der Waals surface area contributed by atoms with E-state index in [1.165, 1.54) is 0 Å². The van der Waals surface area contributed by atoms with Crippen LogP contribution in [0.25, 0.3) is 11.1 Å². The van der Waals surface area contributed by atoms with Gasteiger partial charge >= 0.3 is 6.09 Å². The van der Waals surface area contributed by atoms with Gasteiger partial charge in [-0.05, 0) is 60.6 Å². The molecule has 1 aromatic carbocycles. The molecule has 1 aliphatic rings. The summed E-state index contributed by atoms with van der Waals surface area (Å²) in [7, 11) is 0. The second-order valence-electron chi connectivity index (χ2n) is 11.2. The minimum absolute atomic E-state index is 0.00214. The van der Waals surface area contributed by atoms with E-state index in [9.17, 15) is 9.59 Å². The fraction of sp³-hybridized carbons (Fsp3) is 0.448. The third-order valence-corrected chi connectivity index (χ3v) is 7.15. The smallest absolute Gasteiger partial charge is 0.404 e. The molecular weight excluding hydrogens is 480 g/mol. The molecule has 9 heteroatoms. The quantitative estimate of drug-likeness (QED) is 0.430. The molecule has 2 aromatic heterocycles. The molecule has 3 N–H and O–H groups in total. The number of amides is 2. The first-order valence-electron chi connectivity index (χ1n) is 13.0. The number of primary amides is 1. The molecule has 0 aliphatic carbocycles. The van der Waals surface area contributed by atoms with Crippen molar-refractivity contribution in [3.8, 4) is 11.1 Å². The second kappa shape index (κ2) is 10.8. The highest BCUT2D eigenvalue weighted by molar-refractivity contribution is 5.94. The summed E-state index contributed by atoms with van der Waals surface area (Å²) in [6.45, 7) is 12.4. The molecule has 0 radical (unpaired) electrons. The number of anilines is 2. The normalized spacial score (nSPS) is 18.0. The lowest BCUT2D eigenvalue weighted by atomic mass is 9.87. The van der Waals surface area contributed by atoms with Crippen LogP contribution in [-0.2, 0) is 16.1 Å². The number of fused-ring (bicyclic) bond motifs is 1. The Morgan fingerprint density at radius 3 is 2.66 bits per heavy atom. The Hall–Kier alpha value is -3.88. The number of hydrogen-bond donors (Lipinski definition) is 2. The van der Waals surface area contributed by atoms with Gasteiger partial charge in [0.05, 0.1) is 12.2 Å². The minimum Gasteiger partial charge on any atom is -0.446 e. The SMILES string of the molecule is CC(=O)N1c2ccc(-c3cnn(CCC(OC(N)=O)C(C)(C)C)c3)cc2[C@H](Nc2ncccc2C)C[C@@H]1C. The van der Waals surface area contributed by atoms with Gasteiger partial charge in [0.2, 0.25) is 5.91 Å². The Kier molecular flexibility index (Phi) is 7.76. The maximum absolute atomic E-state index is 12.6. The average Bonchev–Trinajstić information content (AvgIpc) is 3.31. The summed E-state index contributed by atoms with van der Waals surface area (Å²) in [5.41, 5.74) is 10.1. The van der Waals surface area contributed by atoms with Crippen LogP contribution in [-0.4, -0.2) is 38.9 Å². The molecule has 2 amide bonds. The number of aromatic nitrogens is 3. The molecule has 0 saturated carbocycles. The topological polar surface area (TPSA) is 115 Å². The van der Waals surface area contributed by atoms with E-state index >= 15 is 0 Å². The summed E-state index contributed by atoms with van der Waals surface area (Å²) in [5.74, 6) is 0.870. The van der Waals surface area contributed by atoms with Crippen LogP contribution in [0.1, 0.15) is 64.6 Å². The van der Waals surface area contributed by atoms with Crippen LogP contribution in [0.3, 0.4) is 0 Å². The lowest BCUT2D eigenvalue weighted by Crippen LogP contribution is -2.43. The van der Waals surface area contributed by atoms with Crippen molar-refractivity contribution in [2.24, 2.45) is 11.1 Å². The van der Waals surface area contributed by atoms with Crippen molar-refractivity contribution in [1.29, 1.82) is 0 Å². The second-order valence-corrected chi connectivity index (χ2v) is 11.2. The van der Waals surface area contributed by atoms with Crippen LogP contribution in [0.5, 0.6) is 0 Å². The molecular formula is C29H38N6O3. The number of carbonyl (C=O) groups excluding carboxylic acids is 2. The minimum atomic E-state index is -0.766. The van der Waals surface area contributed by atoms with Gasteiger partial charge in [0.25, 0.3) is 0 Å². The van der Waals surface area contributed by atoms with Gasteiger partial charge in [-0.25, -0.2) is 9.78 Å². The van der Waals surface area contributed by atoms with E-state index in [1.54, 1.807) is 13.1 Å². The van der Waals surface area contributed by atoms with Crippen molar-refractivity contribution in [2.45, 2.75) is 79.1 Å². The first-order valence-corrected chi connectivity index (χ1v) is 13.0. The number of rotatable bonds is 7. The first-order chi connectivity index (χ1) is 17.9. The maximum atomic E-state index is 12.6. The molecule has 0 saturated heterocycles. The van der Waals surface area contributed by atoms with Crippen LogP contribution in [0.15, 0.2) is 48.9 Å². The Morgan fingerprint density at radius 1 is 1.24 bits per heavy atom. The van der Waals surface area contributed by atoms with E-state index in [2.05, 4.69) is 28.4 Å². The number of hydrogen-bond acceptors (Lipinski definition) is 6. The number of nitrogens with one attached hydrogen (secondary N) is 1. The van der Waals surface area contributed by atoms with Crippen LogP contribution >= 0.6 is 0 Å². The molecule has 0 fully saturated rings. The Morgan fingerprint density at radius 2 is 2.00 bits per heavy atom. The van der Waals surface area contributed by atoms with Crippen molar-refractivity contribution < 1.29 is 14.3 Å². The van der Waals surface area contributed by atoms with Gasteiger partial charge in [-0.15, -0.1) is 0 Å². The highest BCUT2D eigenvalue weighted by Gasteiger charge is 2.33. The predicted molar refractivity (Wildman–Crippen MR) is 149 cm³/mol. The van der Waals surface area contributed by atoms with Crippen LogP contribution < -0.4 is 16.0 Å². The first kappa shape index (κ1) is 27.2. The van der Waals surface area contributed by atoms with Crippen molar-refractivity contribution in [3.63, 3.8) is 0 Å². The van der Waals surface area contributed by atoms with Crippen LogP contribution in [0.2, 0.25) is 0 Å². The van der Waals surface area contributed by atoms with Gasteiger partial charge in [0.1, 0.15) is 11.9 Å². The summed E-state index contributed by atoms with van der Waals surface area (Å²) in [5, 5.41) is 8.17. The maximum Gasteiger partial charge on any atom is 0.404 e. The highest BCUT2D eigenvalue weighted by atomic mass is 16.6. The van der Waals surface area contributed by atoms with Gasteiger partial charge in [-0.3, -0.25) is 9.48 Å². The number of aryl methyl sites for hydroxylation is 2. The number of ether oxygens (including phenoxy) is 1. The van der Waals surface area contributed by atoms with Gasteiger partial charge in [0.15, 0.2) is 0 Å². The summed E-state index contributed by atoms with van der Waals surface area (Å²) in [6, 6.07) is 10.2. The lowest BCUT2D eigenvalue weighted by molar-refractivity contribution is -0.117. The summed E-state index contributed by atoms with van der Waals surface area (Å²) >= 11 is 0. The zero-order valence-corrected chi connectivity index (χ0v) is 23.1. The third kappa shape index (κ3) is 5.98. The van der Waals surface area contributed by atoms with E-state index < -0.39 is 6.09 Å². The molecule has 9 nitrogen and oxygen atoms in total. The van der Waals surface area contributed by atoms with Crippen LogP contribution in [0, 0.1) is 12.3 Å². The summed E-state index contributed by atoms with van der Waals surface area (Å²) in [6.07, 6.45) is 5.88. The number of nitrogens with zero attached hydrogens (tertiary/aromatic N) is 4. The summed E-state index contributed by atoms with van der Waals surface area (Å²) in [4.78, 5) is 30.3. The molecule has 0 bridgehead atoms. The Balaban J connectivity index is 1.61. The van der Waals surface area contributed by atoms with Crippen molar-refractivity contribution in [3.05, 3.63) is 60.0 Å². The number of nitrogens with two attached hydrogens (primary N) is 1. The molecule has 3 atom stereocenters. The van der Waals surface area contributed by atoms with Crippen molar-refractivity contribution in [2.75, 3.05) is 10.2 Å². The van der Waals surface area contributed by atoms with Crippen molar-refractivity contribution >= 4 is 23.5 Å². The molecule has 1 unspecified atom stereocenters. The molecule has 38 heavy (non-hydrogen) atoms. The van der Waals surface area contributed by atoms with E-state index in [-0.39, 0.29) is 29.5 Å². The van der Waals surface area contributed by atoms with E-state index in [4.69, 9.17) is 10.5 Å². The molecule has 1 aliphatic heterocycles. The predicted octanol–water partition coefficient (Wildman–Crippen LogP) is 5.45. The number of carbonyl (C=O) groups is 2. The molecule has 0 spiro atoms. The summed E-state index contributed by atoms with van der Waals surface area (Å²) < 4.78 is 7.21. The highest BCUT2D eigenvalue weighted by Crippen LogP contribution is 2.41.